The van der Waals surface area contributed by atoms with Crippen molar-refractivity contribution in [2.75, 3.05) is 4.72 Å². The summed E-state index contributed by atoms with van der Waals surface area (Å²) in [5, 5.41) is 3.29. The van der Waals surface area contributed by atoms with Crippen LogP contribution in [0.25, 0.3) is 0 Å². The van der Waals surface area contributed by atoms with Gasteiger partial charge in [-0.2, -0.15) is 4.98 Å². The highest BCUT2D eigenvalue weighted by atomic mass is 32.2. The summed E-state index contributed by atoms with van der Waals surface area (Å²) in [6.07, 6.45) is 1.11. The highest BCUT2D eigenvalue weighted by molar-refractivity contribution is 7.92. The summed E-state index contributed by atoms with van der Waals surface area (Å²) in [5.74, 6) is 0. The van der Waals surface area contributed by atoms with Crippen molar-refractivity contribution in [3.05, 3.63) is 36.7 Å². The van der Waals surface area contributed by atoms with Crippen molar-refractivity contribution in [1.82, 2.24) is 10.1 Å². The van der Waals surface area contributed by atoms with Crippen LogP contribution in [0.3, 0.4) is 0 Å². The Labute approximate surface area is 86.0 Å². The lowest BCUT2D eigenvalue weighted by Crippen LogP contribution is -2.12. The van der Waals surface area contributed by atoms with Gasteiger partial charge in [0.1, 0.15) is 0 Å². The number of benzene rings is 1. The second kappa shape index (κ2) is 3.70. The zero-order valence-corrected chi connectivity index (χ0v) is 8.31. The van der Waals surface area contributed by atoms with Crippen LogP contribution in [0.5, 0.6) is 0 Å². The molecule has 1 aromatic heterocycles. The first-order valence-electron chi connectivity index (χ1n) is 4.03. The fourth-order valence-corrected chi connectivity index (χ4v) is 1.94. The monoisotopic (exact) mass is 225 g/mol. The molecule has 0 aliphatic carbocycles. The summed E-state index contributed by atoms with van der Waals surface area (Å²) in [5.41, 5.74) is 0. The van der Waals surface area contributed by atoms with Crippen molar-refractivity contribution < 1.29 is 12.9 Å². The third kappa shape index (κ3) is 2.13. The molecule has 0 saturated carbocycles. The fourth-order valence-electron chi connectivity index (χ4n) is 0.992. The lowest BCUT2D eigenvalue weighted by Gasteiger charge is -2.02. The molecule has 2 aromatic rings. The molecule has 0 aliphatic rings. The molecule has 1 N–H and O–H groups in total. The Balaban J connectivity index is 2.29. The molecular weight excluding hydrogens is 218 g/mol. The Morgan fingerprint density at radius 1 is 1.20 bits per heavy atom. The van der Waals surface area contributed by atoms with Gasteiger partial charge in [0.05, 0.1) is 4.90 Å². The predicted octanol–water partition coefficient (Wildman–Crippen LogP) is 0.870. The number of rotatable bonds is 3. The van der Waals surface area contributed by atoms with Crippen LogP contribution in [-0.4, -0.2) is 18.6 Å². The minimum absolute atomic E-state index is 0.142. The van der Waals surface area contributed by atoms with Gasteiger partial charge in [0.25, 0.3) is 10.0 Å². The van der Waals surface area contributed by atoms with Gasteiger partial charge in [0.15, 0.2) is 6.33 Å². The van der Waals surface area contributed by atoms with Crippen molar-refractivity contribution in [2.45, 2.75) is 4.90 Å². The van der Waals surface area contributed by atoms with E-state index in [1.807, 2.05) is 0 Å². The smallest absolute Gasteiger partial charge is 0.315 e. The quantitative estimate of drug-likeness (QED) is 0.837. The Morgan fingerprint density at radius 3 is 2.53 bits per heavy atom. The third-order valence-electron chi connectivity index (χ3n) is 1.64. The minimum atomic E-state index is -3.63. The number of anilines is 1. The topological polar surface area (TPSA) is 85.1 Å². The van der Waals surface area contributed by atoms with E-state index < -0.39 is 10.0 Å². The lowest BCUT2D eigenvalue weighted by molar-refractivity contribution is 0.433. The number of hydrogen-bond donors (Lipinski definition) is 1. The molecule has 0 atom stereocenters. The molecule has 0 aliphatic heterocycles. The molecule has 15 heavy (non-hydrogen) atoms. The molecule has 0 bridgehead atoms. The molecule has 0 unspecified atom stereocenters. The Bertz CT molecular complexity index is 522. The van der Waals surface area contributed by atoms with E-state index in [9.17, 15) is 8.42 Å². The summed E-state index contributed by atoms with van der Waals surface area (Å²) in [4.78, 5) is 3.70. The summed E-state index contributed by atoms with van der Waals surface area (Å²) >= 11 is 0. The van der Waals surface area contributed by atoms with Gasteiger partial charge in [-0.15, -0.1) is 0 Å². The maximum atomic E-state index is 11.7. The summed E-state index contributed by atoms with van der Waals surface area (Å²) in [6, 6.07) is 7.77. The van der Waals surface area contributed by atoms with Crippen molar-refractivity contribution >= 4 is 16.0 Å². The Hall–Kier alpha value is -1.89. The second-order valence-electron chi connectivity index (χ2n) is 2.66. The Kier molecular flexibility index (Phi) is 2.38. The number of nitrogens with zero attached hydrogens (tertiary/aromatic N) is 2. The molecule has 1 aromatic carbocycles. The van der Waals surface area contributed by atoms with Crippen LogP contribution in [0, 0.1) is 0 Å². The van der Waals surface area contributed by atoms with Gasteiger partial charge in [-0.3, -0.25) is 0 Å². The highest BCUT2D eigenvalue weighted by Gasteiger charge is 2.15. The van der Waals surface area contributed by atoms with Crippen LogP contribution in [0.2, 0.25) is 0 Å². The number of hydrogen-bond acceptors (Lipinski definition) is 5. The summed E-state index contributed by atoms with van der Waals surface area (Å²) < 4.78 is 30.0. The van der Waals surface area contributed by atoms with E-state index in [0.717, 1.165) is 6.33 Å². The number of sulfonamides is 1. The zero-order valence-electron chi connectivity index (χ0n) is 7.49. The Morgan fingerprint density at radius 2 is 1.93 bits per heavy atom. The minimum Gasteiger partial charge on any atom is -0.315 e. The number of nitrogens with one attached hydrogen (secondary N) is 1. The van der Waals surface area contributed by atoms with Crippen molar-refractivity contribution in [1.29, 1.82) is 0 Å². The zero-order chi connectivity index (χ0) is 10.7. The first-order chi connectivity index (χ1) is 7.18. The molecule has 0 saturated heterocycles. The van der Waals surface area contributed by atoms with Gasteiger partial charge in [0, 0.05) is 0 Å². The second-order valence-corrected chi connectivity index (χ2v) is 4.35. The fraction of sp³-hybridized carbons (Fsp3) is 0. The average molecular weight is 225 g/mol. The maximum absolute atomic E-state index is 11.7. The van der Waals surface area contributed by atoms with E-state index in [-0.39, 0.29) is 10.9 Å². The normalized spacial score (nSPS) is 11.2. The van der Waals surface area contributed by atoms with E-state index in [1.54, 1.807) is 18.2 Å². The molecular formula is C8H7N3O3S. The first-order valence-corrected chi connectivity index (χ1v) is 5.51. The number of aromatic nitrogens is 2. The largest absolute Gasteiger partial charge is 0.335 e. The van der Waals surface area contributed by atoms with E-state index >= 15 is 0 Å². The maximum Gasteiger partial charge on any atom is 0.335 e. The van der Waals surface area contributed by atoms with Gasteiger partial charge >= 0.3 is 6.01 Å². The molecule has 6 nitrogen and oxygen atoms in total. The van der Waals surface area contributed by atoms with Gasteiger partial charge in [-0.25, -0.2) is 13.1 Å². The molecule has 7 heteroatoms. The molecule has 2 rings (SSSR count). The van der Waals surface area contributed by atoms with Gasteiger partial charge < -0.3 is 4.52 Å². The van der Waals surface area contributed by atoms with Gasteiger partial charge in [0.2, 0.25) is 0 Å². The van der Waals surface area contributed by atoms with E-state index in [4.69, 9.17) is 0 Å². The molecule has 1 heterocycles. The van der Waals surface area contributed by atoms with Gasteiger partial charge in [-0.05, 0) is 12.1 Å². The van der Waals surface area contributed by atoms with Crippen molar-refractivity contribution in [2.24, 2.45) is 0 Å². The molecule has 0 spiro atoms. The predicted molar refractivity (Wildman–Crippen MR) is 51.5 cm³/mol. The van der Waals surface area contributed by atoms with Gasteiger partial charge in [-0.1, -0.05) is 23.4 Å². The molecule has 0 fully saturated rings. The third-order valence-corrected chi connectivity index (χ3v) is 2.97. The van der Waals surface area contributed by atoms with Crippen LogP contribution in [0.1, 0.15) is 0 Å². The van der Waals surface area contributed by atoms with E-state index in [0.29, 0.717) is 0 Å². The summed E-state index contributed by atoms with van der Waals surface area (Å²) in [6.45, 7) is 0. The van der Waals surface area contributed by atoms with Crippen molar-refractivity contribution in [3.8, 4) is 0 Å². The van der Waals surface area contributed by atoms with Crippen LogP contribution in [0.15, 0.2) is 46.1 Å². The average Bonchev–Trinajstić information content (AvgIpc) is 2.71. The molecule has 78 valence electrons. The van der Waals surface area contributed by atoms with E-state index in [1.165, 1.54) is 12.1 Å². The van der Waals surface area contributed by atoms with Crippen LogP contribution >= 0.6 is 0 Å². The first kappa shape index (κ1) is 9.66. The summed E-state index contributed by atoms with van der Waals surface area (Å²) in [7, 11) is -3.63. The van der Waals surface area contributed by atoms with Crippen LogP contribution in [0.4, 0.5) is 6.01 Å². The molecule has 0 radical (unpaired) electrons. The molecule has 0 amide bonds. The standard InChI is InChI=1S/C8H7N3O3S/c12-15(13,7-4-2-1-3-5-7)11-8-9-6-10-14-8/h1-6H,(H,9,10,11). The lowest BCUT2D eigenvalue weighted by atomic mass is 10.4. The SMILES string of the molecule is O=S(=O)(Nc1ncno1)c1ccccc1. The van der Waals surface area contributed by atoms with Crippen LogP contribution in [-0.2, 0) is 10.0 Å². The highest BCUT2D eigenvalue weighted by Crippen LogP contribution is 2.12. The van der Waals surface area contributed by atoms with Crippen LogP contribution < -0.4 is 4.72 Å². The van der Waals surface area contributed by atoms with Crippen molar-refractivity contribution in [3.63, 3.8) is 0 Å². The van der Waals surface area contributed by atoms with E-state index in [2.05, 4.69) is 19.4 Å².